The number of carbonyl (C=O) groups is 1. The summed E-state index contributed by atoms with van der Waals surface area (Å²) in [6, 6.07) is 7.55. The molecule has 0 saturated carbocycles. The molecule has 30 heavy (non-hydrogen) atoms. The Labute approximate surface area is 178 Å². The van der Waals surface area contributed by atoms with E-state index in [0.29, 0.717) is 34.1 Å². The van der Waals surface area contributed by atoms with Crippen molar-refractivity contribution in [3.8, 4) is 11.5 Å². The molecule has 0 radical (unpaired) electrons. The van der Waals surface area contributed by atoms with Gasteiger partial charge < -0.3 is 19.4 Å². The smallest absolute Gasteiger partial charge is 0.255 e. The molecular weight excluding hydrogens is 405 g/mol. The molecule has 2 aromatic carbocycles. The predicted octanol–water partition coefficient (Wildman–Crippen LogP) is 4.71. The molecule has 0 aliphatic rings. The number of aryl methyl sites for hydroxylation is 1. The molecule has 156 valence electrons. The predicted molar refractivity (Wildman–Crippen MR) is 115 cm³/mol. The van der Waals surface area contributed by atoms with Gasteiger partial charge in [0.05, 0.1) is 19.9 Å². The van der Waals surface area contributed by atoms with E-state index in [2.05, 4.69) is 16.9 Å². The van der Waals surface area contributed by atoms with Gasteiger partial charge in [0.1, 0.15) is 5.82 Å². The van der Waals surface area contributed by atoms with Gasteiger partial charge in [-0.25, -0.2) is 9.37 Å². The van der Waals surface area contributed by atoms with E-state index in [-0.39, 0.29) is 0 Å². The zero-order valence-corrected chi connectivity index (χ0v) is 17.8. The molecule has 0 aliphatic carbocycles. The van der Waals surface area contributed by atoms with Gasteiger partial charge in [-0.1, -0.05) is 6.08 Å². The summed E-state index contributed by atoms with van der Waals surface area (Å²) in [5, 5.41) is 3.52. The molecule has 1 N–H and O–H groups in total. The minimum Gasteiger partial charge on any atom is -0.493 e. The molecule has 0 unspecified atom stereocenters. The topological polar surface area (TPSA) is 65.4 Å². The van der Waals surface area contributed by atoms with E-state index < -0.39 is 11.7 Å². The second-order valence-electron chi connectivity index (χ2n) is 6.38. The van der Waals surface area contributed by atoms with Crippen LogP contribution in [-0.2, 0) is 13.5 Å². The fraction of sp³-hybridized carbons (Fsp3) is 0.182. The van der Waals surface area contributed by atoms with Gasteiger partial charge in [0.15, 0.2) is 16.7 Å². The number of imidazole rings is 1. The lowest BCUT2D eigenvalue weighted by atomic mass is 10.0. The number of amides is 1. The molecule has 6 nitrogen and oxygen atoms in total. The summed E-state index contributed by atoms with van der Waals surface area (Å²) in [4.78, 5) is 17.9. The quantitative estimate of drug-likeness (QED) is 0.528. The molecule has 3 rings (SSSR count). The first-order valence-corrected chi connectivity index (χ1v) is 9.90. The largest absolute Gasteiger partial charge is 0.493 e. The number of rotatable bonds is 8. The Morgan fingerprint density at radius 3 is 2.73 bits per heavy atom. The third kappa shape index (κ3) is 4.65. The summed E-state index contributed by atoms with van der Waals surface area (Å²) < 4.78 is 26.5. The molecular formula is C22H22FN3O3S. The number of anilines is 1. The summed E-state index contributed by atoms with van der Waals surface area (Å²) in [6.45, 7) is 3.74. The molecule has 0 fully saturated rings. The van der Waals surface area contributed by atoms with Crippen molar-refractivity contribution in [2.75, 3.05) is 19.5 Å². The van der Waals surface area contributed by atoms with Crippen molar-refractivity contribution < 1.29 is 18.7 Å². The van der Waals surface area contributed by atoms with Crippen LogP contribution in [0.5, 0.6) is 11.5 Å². The standard InChI is InChI=1S/C22H22FN3O3S/c1-5-6-14-11-15(12-18(28-3)20(14)29-4)21(27)25-17-13-16(23)7-8-19(17)30-22-24-9-10-26(22)2/h5,7-13H,1,6H2,2-4H3,(H,25,27). The molecule has 0 saturated heterocycles. The number of nitrogens with zero attached hydrogens (tertiary/aromatic N) is 2. The van der Waals surface area contributed by atoms with E-state index >= 15 is 0 Å². The Bertz CT molecular complexity index is 1080. The number of hydrogen-bond acceptors (Lipinski definition) is 5. The highest BCUT2D eigenvalue weighted by molar-refractivity contribution is 7.99. The van der Waals surface area contributed by atoms with Crippen LogP contribution in [0.4, 0.5) is 10.1 Å². The van der Waals surface area contributed by atoms with Crippen molar-refractivity contribution in [3.05, 3.63) is 72.3 Å². The van der Waals surface area contributed by atoms with E-state index in [1.165, 1.54) is 38.1 Å². The number of nitrogens with one attached hydrogen (secondary N) is 1. The van der Waals surface area contributed by atoms with Crippen LogP contribution >= 0.6 is 11.8 Å². The Morgan fingerprint density at radius 2 is 2.10 bits per heavy atom. The van der Waals surface area contributed by atoms with E-state index in [9.17, 15) is 9.18 Å². The van der Waals surface area contributed by atoms with Crippen LogP contribution < -0.4 is 14.8 Å². The fourth-order valence-corrected chi connectivity index (χ4v) is 3.78. The van der Waals surface area contributed by atoms with Gasteiger partial charge in [-0.15, -0.1) is 6.58 Å². The van der Waals surface area contributed by atoms with Gasteiger partial charge in [0.25, 0.3) is 5.91 Å². The molecule has 0 aliphatic heterocycles. The third-order valence-corrected chi connectivity index (χ3v) is 5.50. The zero-order chi connectivity index (χ0) is 21.7. The van der Waals surface area contributed by atoms with Crippen molar-refractivity contribution >= 4 is 23.4 Å². The first-order valence-electron chi connectivity index (χ1n) is 9.08. The number of hydrogen-bond donors (Lipinski definition) is 1. The third-order valence-electron chi connectivity index (χ3n) is 4.35. The van der Waals surface area contributed by atoms with Crippen LogP contribution in [-0.4, -0.2) is 29.7 Å². The van der Waals surface area contributed by atoms with E-state index in [0.717, 1.165) is 10.7 Å². The first kappa shape index (κ1) is 21.4. The molecule has 1 aromatic heterocycles. The summed E-state index contributed by atoms with van der Waals surface area (Å²) in [5.41, 5.74) is 1.48. The molecule has 0 atom stereocenters. The van der Waals surface area contributed by atoms with Gasteiger partial charge in [0.2, 0.25) is 0 Å². The summed E-state index contributed by atoms with van der Waals surface area (Å²) in [6.07, 6.45) is 5.71. The van der Waals surface area contributed by atoms with E-state index in [1.54, 1.807) is 30.5 Å². The summed E-state index contributed by atoms with van der Waals surface area (Å²) >= 11 is 1.33. The van der Waals surface area contributed by atoms with Crippen LogP contribution in [0.2, 0.25) is 0 Å². The van der Waals surface area contributed by atoms with Crippen molar-refractivity contribution in [3.63, 3.8) is 0 Å². The summed E-state index contributed by atoms with van der Waals surface area (Å²) in [5.74, 6) is 0.136. The number of ether oxygens (including phenoxy) is 2. The monoisotopic (exact) mass is 427 g/mol. The van der Waals surface area contributed by atoms with Crippen LogP contribution in [0.1, 0.15) is 15.9 Å². The normalized spacial score (nSPS) is 10.5. The Kier molecular flexibility index (Phi) is 6.79. The average molecular weight is 428 g/mol. The van der Waals surface area contributed by atoms with Gasteiger partial charge in [-0.3, -0.25) is 4.79 Å². The lowest BCUT2D eigenvalue weighted by Crippen LogP contribution is -2.14. The Morgan fingerprint density at radius 1 is 1.30 bits per heavy atom. The molecule has 1 amide bonds. The highest BCUT2D eigenvalue weighted by Crippen LogP contribution is 2.35. The molecule has 8 heteroatoms. The molecule has 0 bridgehead atoms. The Balaban J connectivity index is 1.94. The van der Waals surface area contributed by atoms with Crippen molar-refractivity contribution in [1.82, 2.24) is 9.55 Å². The van der Waals surface area contributed by atoms with Crippen LogP contribution in [0.3, 0.4) is 0 Å². The van der Waals surface area contributed by atoms with Crippen molar-refractivity contribution in [2.45, 2.75) is 16.5 Å². The number of halogens is 1. The van der Waals surface area contributed by atoms with Crippen LogP contribution in [0.15, 0.2) is 65.4 Å². The van der Waals surface area contributed by atoms with Gasteiger partial charge in [-0.05, 0) is 48.5 Å². The molecule has 3 aromatic rings. The van der Waals surface area contributed by atoms with Crippen LogP contribution in [0, 0.1) is 5.82 Å². The minimum atomic E-state index is -0.450. The minimum absolute atomic E-state index is 0.355. The lowest BCUT2D eigenvalue weighted by molar-refractivity contribution is 0.102. The average Bonchev–Trinajstić information content (AvgIpc) is 3.14. The second-order valence-corrected chi connectivity index (χ2v) is 7.39. The van der Waals surface area contributed by atoms with Crippen LogP contribution in [0.25, 0.3) is 0 Å². The van der Waals surface area contributed by atoms with Crippen molar-refractivity contribution in [1.29, 1.82) is 0 Å². The highest BCUT2D eigenvalue weighted by atomic mass is 32.2. The zero-order valence-electron chi connectivity index (χ0n) is 16.9. The van der Waals surface area contributed by atoms with Gasteiger partial charge >= 0.3 is 0 Å². The number of methoxy groups -OCH3 is 2. The van der Waals surface area contributed by atoms with E-state index in [4.69, 9.17) is 9.47 Å². The summed E-state index contributed by atoms with van der Waals surface area (Å²) in [7, 11) is 4.91. The van der Waals surface area contributed by atoms with Crippen molar-refractivity contribution in [2.24, 2.45) is 7.05 Å². The number of carbonyl (C=O) groups excluding carboxylic acids is 1. The molecule has 0 spiro atoms. The SMILES string of the molecule is C=CCc1cc(C(=O)Nc2cc(F)ccc2Sc2nccn2C)cc(OC)c1OC. The highest BCUT2D eigenvalue weighted by Gasteiger charge is 2.18. The number of benzene rings is 2. The number of allylic oxidation sites excluding steroid dienone is 1. The van der Waals surface area contributed by atoms with E-state index in [1.807, 2.05) is 17.8 Å². The molecule has 1 heterocycles. The maximum absolute atomic E-state index is 13.9. The fourth-order valence-electron chi connectivity index (χ4n) is 2.91. The maximum Gasteiger partial charge on any atom is 0.255 e. The lowest BCUT2D eigenvalue weighted by Gasteiger charge is -2.15. The second kappa shape index (κ2) is 9.49. The Hall–Kier alpha value is -3.26. The van der Waals surface area contributed by atoms with Gasteiger partial charge in [0, 0.05) is 35.5 Å². The number of aromatic nitrogens is 2. The first-order chi connectivity index (χ1) is 14.5. The van der Waals surface area contributed by atoms with Gasteiger partial charge in [-0.2, -0.15) is 0 Å². The maximum atomic E-state index is 13.9.